The number of aromatic nitrogens is 1. The summed E-state index contributed by atoms with van der Waals surface area (Å²) < 4.78 is 22.7. The van der Waals surface area contributed by atoms with Gasteiger partial charge in [0.05, 0.1) is 25.0 Å². The summed E-state index contributed by atoms with van der Waals surface area (Å²) in [6, 6.07) is 19.7. The second-order valence-corrected chi connectivity index (χ2v) is 12.1. The van der Waals surface area contributed by atoms with Crippen LogP contribution in [0.3, 0.4) is 0 Å². The van der Waals surface area contributed by atoms with E-state index in [9.17, 15) is 19.5 Å². The number of hydrogen-bond donors (Lipinski definition) is 1. The molecule has 9 nitrogen and oxygen atoms in total. The van der Waals surface area contributed by atoms with Crippen molar-refractivity contribution in [1.82, 2.24) is 4.98 Å². The Morgan fingerprint density at radius 1 is 0.804 bits per heavy atom. The third kappa shape index (κ3) is 8.72. The number of esters is 3. The summed E-state index contributed by atoms with van der Waals surface area (Å²) >= 11 is 1.34. The van der Waals surface area contributed by atoms with Gasteiger partial charge in [-0.15, -0.1) is 11.3 Å². The maximum atomic E-state index is 13.1. The highest BCUT2D eigenvalue weighted by molar-refractivity contribution is 7.22. The Balaban J connectivity index is 1.04. The van der Waals surface area contributed by atoms with Gasteiger partial charge >= 0.3 is 17.9 Å². The van der Waals surface area contributed by atoms with Crippen molar-refractivity contribution < 1.29 is 38.4 Å². The molecule has 4 aromatic rings. The van der Waals surface area contributed by atoms with E-state index in [1.807, 2.05) is 30.3 Å². The number of nitrogens with zero attached hydrogens (tertiary/aromatic N) is 1. The molecule has 3 aromatic carbocycles. The predicted molar refractivity (Wildman–Crippen MR) is 175 cm³/mol. The van der Waals surface area contributed by atoms with Crippen LogP contribution in [0.5, 0.6) is 23.0 Å². The van der Waals surface area contributed by atoms with Crippen LogP contribution in [0.4, 0.5) is 0 Å². The number of hydrogen-bond acceptors (Lipinski definition) is 10. The first kappa shape index (κ1) is 32.7. The van der Waals surface area contributed by atoms with E-state index in [0.29, 0.717) is 66.4 Å². The molecule has 1 fully saturated rings. The smallest absolute Gasteiger partial charge is 0.330 e. The average Bonchev–Trinajstić information content (AvgIpc) is 3.55. The number of rotatable bonds is 14. The molecule has 0 radical (unpaired) electrons. The summed E-state index contributed by atoms with van der Waals surface area (Å²) in [5.41, 5.74) is 1.37. The Bertz CT molecular complexity index is 1640. The van der Waals surface area contributed by atoms with Crippen molar-refractivity contribution in [2.24, 2.45) is 11.8 Å². The summed E-state index contributed by atoms with van der Waals surface area (Å²) in [5.74, 6) is -0.169. The third-order valence-corrected chi connectivity index (χ3v) is 9.00. The molecule has 0 saturated heterocycles. The summed E-state index contributed by atoms with van der Waals surface area (Å²) in [6.07, 6.45) is 6.82. The van der Waals surface area contributed by atoms with Gasteiger partial charge in [0.1, 0.15) is 32.5 Å². The van der Waals surface area contributed by atoms with Gasteiger partial charge in [0, 0.05) is 11.6 Å². The van der Waals surface area contributed by atoms with Crippen LogP contribution in [0, 0.1) is 11.8 Å². The van der Waals surface area contributed by atoms with Gasteiger partial charge in [0.15, 0.2) is 5.75 Å². The molecule has 0 atom stereocenters. The Hall–Kier alpha value is -4.70. The molecule has 1 saturated carbocycles. The Morgan fingerprint density at radius 2 is 1.43 bits per heavy atom. The molecule has 240 valence electrons. The third-order valence-electron chi connectivity index (χ3n) is 7.87. The molecule has 10 heteroatoms. The van der Waals surface area contributed by atoms with Crippen LogP contribution in [0.2, 0.25) is 0 Å². The van der Waals surface area contributed by atoms with Gasteiger partial charge in [-0.1, -0.05) is 36.9 Å². The van der Waals surface area contributed by atoms with E-state index >= 15 is 0 Å². The fourth-order valence-corrected chi connectivity index (χ4v) is 6.30. The molecule has 1 aliphatic carbocycles. The molecule has 1 heterocycles. The molecular formula is C36H37NO8S. The molecule has 1 N–H and O–H groups in total. The minimum atomic E-state index is -0.397. The largest absolute Gasteiger partial charge is 0.506 e. The first-order chi connectivity index (χ1) is 22.4. The van der Waals surface area contributed by atoms with E-state index in [-0.39, 0.29) is 29.5 Å². The van der Waals surface area contributed by atoms with Crippen LogP contribution in [-0.4, -0.2) is 41.2 Å². The molecule has 5 rings (SSSR count). The molecule has 1 aliphatic rings. The van der Waals surface area contributed by atoms with Gasteiger partial charge < -0.3 is 24.1 Å². The number of carbonyl (C=O) groups is 3. The molecule has 0 amide bonds. The first-order valence-corrected chi connectivity index (χ1v) is 16.4. The number of carbonyl (C=O) groups excluding carboxylic acids is 3. The van der Waals surface area contributed by atoms with E-state index in [0.717, 1.165) is 42.3 Å². The fraction of sp³-hybridized carbons (Fsp3) is 0.333. The van der Waals surface area contributed by atoms with Crippen molar-refractivity contribution in [3.8, 4) is 33.6 Å². The topological polar surface area (TPSA) is 121 Å². The molecule has 0 spiro atoms. The monoisotopic (exact) mass is 643 g/mol. The van der Waals surface area contributed by atoms with Gasteiger partial charge in [-0.2, -0.15) is 0 Å². The number of aromatic hydroxyl groups is 1. The van der Waals surface area contributed by atoms with Crippen molar-refractivity contribution in [1.29, 1.82) is 0 Å². The molecule has 0 unspecified atom stereocenters. The van der Waals surface area contributed by atoms with E-state index in [1.165, 1.54) is 17.4 Å². The van der Waals surface area contributed by atoms with Gasteiger partial charge in [0.2, 0.25) is 0 Å². The van der Waals surface area contributed by atoms with Gasteiger partial charge in [-0.05, 0) is 87.8 Å². The lowest BCUT2D eigenvalue weighted by Crippen LogP contribution is -2.30. The van der Waals surface area contributed by atoms with E-state index < -0.39 is 5.97 Å². The van der Waals surface area contributed by atoms with Crippen LogP contribution in [0.15, 0.2) is 79.4 Å². The zero-order valence-electron chi connectivity index (χ0n) is 25.5. The number of phenols is 1. The van der Waals surface area contributed by atoms with E-state index in [4.69, 9.17) is 18.9 Å². The van der Waals surface area contributed by atoms with E-state index in [2.05, 4.69) is 11.6 Å². The zero-order chi connectivity index (χ0) is 32.3. The average molecular weight is 644 g/mol. The van der Waals surface area contributed by atoms with Crippen LogP contribution >= 0.6 is 11.3 Å². The van der Waals surface area contributed by atoms with Crippen LogP contribution in [0.1, 0.15) is 51.4 Å². The molecule has 0 bridgehead atoms. The predicted octanol–water partition coefficient (Wildman–Crippen LogP) is 7.65. The summed E-state index contributed by atoms with van der Waals surface area (Å²) in [4.78, 5) is 41.6. The Kier molecular flexibility index (Phi) is 11.4. The number of phenolic OH excluding ortho intramolecular Hbond substituents is 1. The number of unbranched alkanes of at least 4 members (excludes halogenated alkanes) is 3. The SMILES string of the molecule is C=CC(=O)OCCCCCCOc1ccc(OC(=O)C2CCC(C(=O)Oc3ccc(O)c4sc(-c5ccccc5)nc34)CC2)cc1. The zero-order valence-corrected chi connectivity index (χ0v) is 26.3. The highest BCUT2D eigenvalue weighted by Crippen LogP contribution is 2.40. The maximum absolute atomic E-state index is 13.1. The standard InChI is InChI=1S/C36H37NO8S/c1-2-31(39)43-23-9-4-3-8-22-42-27-16-18-28(19-17-27)44-35(40)25-12-14-26(15-13-25)36(41)45-30-21-20-29(38)33-32(30)37-34(46-33)24-10-6-5-7-11-24/h2,5-7,10-11,16-21,25-26,38H,1,3-4,8-9,12-15,22-23H2. The number of thiazole rings is 1. The van der Waals surface area contributed by atoms with Crippen molar-refractivity contribution in [3.63, 3.8) is 0 Å². The van der Waals surface area contributed by atoms with Crippen LogP contribution in [0.25, 0.3) is 20.8 Å². The maximum Gasteiger partial charge on any atom is 0.330 e. The highest BCUT2D eigenvalue weighted by Gasteiger charge is 2.32. The van der Waals surface area contributed by atoms with Gasteiger partial charge in [0.25, 0.3) is 0 Å². The second-order valence-electron chi connectivity index (χ2n) is 11.1. The van der Waals surface area contributed by atoms with Gasteiger partial charge in [-0.3, -0.25) is 9.59 Å². The van der Waals surface area contributed by atoms with Crippen LogP contribution in [-0.2, 0) is 19.1 Å². The number of ether oxygens (including phenoxy) is 4. The molecular weight excluding hydrogens is 606 g/mol. The summed E-state index contributed by atoms with van der Waals surface area (Å²) in [7, 11) is 0. The lowest BCUT2D eigenvalue weighted by Gasteiger charge is -2.25. The van der Waals surface area contributed by atoms with Crippen molar-refractivity contribution in [3.05, 3.63) is 79.4 Å². The number of fused-ring (bicyclic) bond motifs is 1. The minimum Gasteiger partial charge on any atom is -0.506 e. The molecule has 46 heavy (non-hydrogen) atoms. The lowest BCUT2D eigenvalue weighted by molar-refractivity contribution is -0.145. The van der Waals surface area contributed by atoms with Crippen molar-refractivity contribution >= 4 is 39.5 Å². The normalized spacial score (nSPS) is 16.0. The summed E-state index contributed by atoms with van der Waals surface area (Å²) in [6.45, 7) is 4.33. The Labute approximate surface area is 271 Å². The lowest BCUT2D eigenvalue weighted by atomic mass is 9.82. The first-order valence-electron chi connectivity index (χ1n) is 15.5. The summed E-state index contributed by atoms with van der Waals surface area (Å²) in [5, 5.41) is 11.1. The Morgan fingerprint density at radius 3 is 2.11 bits per heavy atom. The minimum absolute atomic E-state index is 0.0876. The quantitative estimate of drug-likeness (QED) is 0.0639. The van der Waals surface area contributed by atoms with E-state index in [1.54, 1.807) is 30.3 Å². The van der Waals surface area contributed by atoms with Crippen LogP contribution < -0.4 is 14.2 Å². The second kappa shape index (κ2) is 16.0. The van der Waals surface area contributed by atoms with Gasteiger partial charge in [-0.25, -0.2) is 9.78 Å². The molecule has 1 aromatic heterocycles. The number of benzene rings is 3. The van der Waals surface area contributed by atoms with Crippen molar-refractivity contribution in [2.75, 3.05) is 13.2 Å². The fourth-order valence-electron chi connectivity index (χ4n) is 5.30. The van der Waals surface area contributed by atoms with Crippen molar-refractivity contribution in [2.45, 2.75) is 51.4 Å². The highest BCUT2D eigenvalue weighted by atomic mass is 32.1. The molecule has 0 aliphatic heterocycles.